The Balaban J connectivity index is 2.53. The molecule has 2 rings (SSSR count). The van der Waals surface area contributed by atoms with Crippen LogP contribution in [0.3, 0.4) is 0 Å². The zero-order valence-electron chi connectivity index (χ0n) is 10.6. The van der Waals surface area contributed by atoms with Crippen LogP contribution in [0.5, 0.6) is 0 Å². The summed E-state index contributed by atoms with van der Waals surface area (Å²) >= 11 is 0. The molecule has 4 heteroatoms. The van der Waals surface area contributed by atoms with Crippen LogP contribution in [0.2, 0.25) is 0 Å². The molecule has 0 saturated heterocycles. The minimum Gasteiger partial charge on any atom is -0.438 e. The van der Waals surface area contributed by atoms with Crippen molar-refractivity contribution in [3.63, 3.8) is 0 Å². The second kappa shape index (κ2) is 4.19. The normalized spacial score (nSPS) is 17.2. The van der Waals surface area contributed by atoms with Gasteiger partial charge in [0.05, 0.1) is 11.8 Å². The van der Waals surface area contributed by atoms with E-state index in [1.807, 2.05) is 45.0 Å². The first-order valence-corrected chi connectivity index (χ1v) is 5.65. The minimum atomic E-state index is -0.666. The van der Waals surface area contributed by atoms with E-state index in [2.05, 4.69) is 5.32 Å². The number of nitrogens with zero attached hydrogens (tertiary/aromatic N) is 1. The number of benzene rings is 1. The van der Waals surface area contributed by atoms with Crippen LogP contribution in [-0.2, 0) is 10.3 Å². The highest BCUT2D eigenvalue weighted by Gasteiger charge is 2.33. The zero-order chi connectivity index (χ0) is 13.3. The fourth-order valence-electron chi connectivity index (χ4n) is 2.00. The largest absolute Gasteiger partial charge is 0.438 e. The lowest BCUT2D eigenvalue weighted by atomic mass is 9.91. The average molecular weight is 242 g/mol. The highest BCUT2D eigenvalue weighted by molar-refractivity contribution is 5.89. The van der Waals surface area contributed by atoms with Crippen molar-refractivity contribution >= 4 is 17.4 Å². The average Bonchev–Trinajstić information content (AvgIpc) is 2.27. The number of rotatable bonds is 1. The molecule has 0 atom stereocenters. The fraction of sp³-hybridized carbons (Fsp3) is 0.286. The van der Waals surface area contributed by atoms with Crippen LogP contribution < -0.4 is 5.32 Å². The van der Waals surface area contributed by atoms with Gasteiger partial charge in [0.15, 0.2) is 0 Å². The molecule has 1 aliphatic heterocycles. The molecular formula is C14H14N2O2. The summed E-state index contributed by atoms with van der Waals surface area (Å²) in [7, 11) is 0. The SMILES string of the molecule is C/C(=C\C#N)c1ccc2c(c1)C(C)(C)OC(=O)N2. The summed E-state index contributed by atoms with van der Waals surface area (Å²) in [4.78, 5) is 11.4. The van der Waals surface area contributed by atoms with Gasteiger partial charge in [-0.1, -0.05) is 6.07 Å². The Bertz CT molecular complexity index is 580. The molecule has 1 aromatic rings. The molecule has 0 saturated carbocycles. The number of nitrogens with one attached hydrogen (secondary N) is 1. The lowest BCUT2D eigenvalue weighted by Crippen LogP contribution is -2.34. The van der Waals surface area contributed by atoms with E-state index in [-0.39, 0.29) is 0 Å². The molecule has 0 unspecified atom stereocenters. The Morgan fingerprint density at radius 2 is 2.22 bits per heavy atom. The maximum atomic E-state index is 11.4. The van der Waals surface area contributed by atoms with Crippen molar-refractivity contribution in [2.24, 2.45) is 0 Å². The van der Waals surface area contributed by atoms with Gasteiger partial charge in [-0.05, 0) is 44.0 Å². The summed E-state index contributed by atoms with van der Waals surface area (Å²) in [6.45, 7) is 5.57. The van der Waals surface area contributed by atoms with Gasteiger partial charge in [0.1, 0.15) is 5.60 Å². The van der Waals surface area contributed by atoms with Crippen LogP contribution in [-0.4, -0.2) is 6.09 Å². The van der Waals surface area contributed by atoms with Crippen molar-refractivity contribution in [1.29, 1.82) is 5.26 Å². The van der Waals surface area contributed by atoms with Crippen molar-refractivity contribution in [2.75, 3.05) is 5.32 Å². The molecule has 0 radical (unpaired) electrons. The number of anilines is 1. The molecule has 1 N–H and O–H groups in total. The second-order valence-electron chi connectivity index (χ2n) is 4.74. The number of cyclic esters (lactones) is 1. The van der Waals surface area contributed by atoms with E-state index in [1.165, 1.54) is 6.08 Å². The predicted molar refractivity (Wildman–Crippen MR) is 68.8 cm³/mol. The topological polar surface area (TPSA) is 62.1 Å². The summed E-state index contributed by atoms with van der Waals surface area (Å²) in [6, 6.07) is 7.67. The Hall–Kier alpha value is -2.28. The molecule has 4 nitrogen and oxygen atoms in total. The third-order valence-electron chi connectivity index (χ3n) is 2.99. The first-order chi connectivity index (χ1) is 8.44. The number of carbonyl (C=O) groups excluding carboxylic acids is 1. The van der Waals surface area contributed by atoms with Gasteiger partial charge in [0.25, 0.3) is 0 Å². The number of hydrogen-bond donors (Lipinski definition) is 1. The number of hydrogen-bond acceptors (Lipinski definition) is 3. The van der Waals surface area contributed by atoms with Gasteiger partial charge in [-0.15, -0.1) is 0 Å². The van der Waals surface area contributed by atoms with Crippen molar-refractivity contribution in [1.82, 2.24) is 0 Å². The molecule has 1 aromatic carbocycles. The highest BCUT2D eigenvalue weighted by atomic mass is 16.6. The minimum absolute atomic E-state index is 0.440. The summed E-state index contributed by atoms with van der Waals surface area (Å²) in [6.07, 6.45) is 1.06. The fourth-order valence-corrected chi connectivity index (χ4v) is 2.00. The van der Waals surface area contributed by atoms with Gasteiger partial charge in [-0.25, -0.2) is 4.79 Å². The molecule has 0 bridgehead atoms. The quantitative estimate of drug-likeness (QED) is 0.767. The van der Waals surface area contributed by atoms with Crippen LogP contribution in [0.1, 0.15) is 31.9 Å². The summed E-state index contributed by atoms with van der Waals surface area (Å²) in [5.41, 5.74) is 2.83. The number of nitriles is 1. The van der Waals surface area contributed by atoms with Crippen LogP contribution >= 0.6 is 0 Å². The van der Waals surface area contributed by atoms with Gasteiger partial charge in [-0.2, -0.15) is 5.26 Å². The maximum absolute atomic E-state index is 11.4. The third kappa shape index (κ3) is 2.07. The first kappa shape index (κ1) is 12.2. The van der Waals surface area contributed by atoms with Gasteiger partial charge in [-0.3, -0.25) is 5.32 Å². The van der Waals surface area contributed by atoms with Crippen molar-refractivity contribution in [2.45, 2.75) is 26.4 Å². The lowest BCUT2D eigenvalue weighted by molar-refractivity contribution is 0.0420. The summed E-state index contributed by atoms with van der Waals surface area (Å²) < 4.78 is 5.26. The Morgan fingerprint density at radius 1 is 1.50 bits per heavy atom. The number of carbonyl (C=O) groups is 1. The van der Waals surface area contributed by atoms with E-state index in [0.29, 0.717) is 0 Å². The number of fused-ring (bicyclic) bond motifs is 1. The van der Waals surface area contributed by atoms with Crippen LogP contribution in [0.4, 0.5) is 10.5 Å². The van der Waals surface area contributed by atoms with Crippen molar-refractivity contribution < 1.29 is 9.53 Å². The standard InChI is InChI=1S/C14H14N2O2/c1-9(6-7-15)10-4-5-12-11(8-10)14(2,3)18-13(17)16-12/h4-6,8H,1-3H3,(H,16,17)/b9-6+. The molecule has 0 aliphatic carbocycles. The smallest absolute Gasteiger partial charge is 0.412 e. The van der Waals surface area contributed by atoms with Crippen molar-refractivity contribution in [3.8, 4) is 6.07 Å². The predicted octanol–water partition coefficient (Wildman–Crippen LogP) is 3.41. The van der Waals surface area contributed by atoms with Gasteiger partial charge >= 0.3 is 6.09 Å². The number of ether oxygens (including phenoxy) is 1. The molecule has 1 aliphatic rings. The zero-order valence-corrected chi connectivity index (χ0v) is 10.6. The third-order valence-corrected chi connectivity index (χ3v) is 2.99. The van der Waals surface area contributed by atoms with E-state index in [0.717, 1.165) is 22.4 Å². The number of allylic oxidation sites excluding steroid dienone is 2. The molecule has 0 fully saturated rings. The monoisotopic (exact) mass is 242 g/mol. The molecule has 0 spiro atoms. The lowest BCUT2D eigenvalue weighted by Gasteiger charge is -2.32. The molecule has 0 aromatic heterocycles. The highest BCUT2D eigenvalue weighted by Crippen LogP contribution is 2.36. The molecule has 92 valence electrons. The van der Waals surface area contributed by atoms with Crippen molar-refractivity contribution in [3.05, 3.63) is 35.4 Å². The molecule has 1 heterocycles. The second-order valence-corrected chi connectivity index (χ2v) is 4.74. The Morgan fingerprint density at radius 3 is 2.89 bits per heavy atom. The van der Waals surface area contributed by atoms with E-state index >= 15 is 0 Å². The Labute approximate surface area is 106 Å². The van der Waals surface area contributed by atoms with E-state index in [9.17, 15) is 4.79 Å². The molecule has 1 amide bonds. The van der Waals surface area contributed by atoms with Gasteiger partial charge in [0.2, 0.25) is 0 Å². The van der Waals surface area contributed by atoms with E-state index in [1.54, 1.807) is 0 Å². The summed E-state index contributed by atoms with van der Waals surface area (Å²) in [5, 5.41) is 11.3. The van der Waals surface area contributed by atoms with Gasteiger partial charge < -0.3 is 4.74 Å². The van der Waals surface area contributed by atoms with E-state index in [4.69, 9.17) is 10.00 Å². The van der Waals surface area contributed by atoms with Crippen LogP contribution in [0.25, 0.3) is 5.57 Å². The maximum Gasteiger partial charge on any atom is 0.412 e. The molecular weight excluding hydrogens is 228 g/mol. The van der Waals surface area contributed by atoms with Crippen LogP contribution in [0.15, 0.2) is 24.3 Å². The first-order valence-electron chi connectivity index (χ1n) is 5.65. The summed E-state index contributed by atoms with van der Waals surface area (Å²) in [5.74, 6) is 0. The van der Waals surface area contributed by atoms with Gasteiger partial charge in [0, 0.05) is 11.6 Å². The molecule has 18 heavy (non-hydrogen) atoms. The van der Waals surface area contributed by atoms with Crippen LogP contribution in [0, 0.1) is 11.3 Å². The number of amides is 1. The Kier molecular flexibility index (Phi) is 2.84. The van der Waals surface area contributed by atoms with E-state index < -0.39 is 11.7 Å².